The molecule has 0 bridgehead atoms. The Bertz CT molecular complexity index is 249. The number of aromatic nitrogens is 2. The van der Waals surface area contributed by atoms with Crippen molar-refractivity contribution in [3.05, 3.63) is 16.9 Å². The molecule has 5 heteroatoms. The number of nitrogens with one attached hydrogen (secondary N) is 1. The zero-order chi connectivity index (χ0) is 9.68. The Morgan fingerprint density at radius 2 is 2.08 bits per heavy atom. The van der Waals surface area contributed by atoms with E-state index < -0.39 is 0 Å². The van der Waals surface area contributed by atoms with Crippen LogP contribution >= 0.6 is 15.9 Å². The number of anilines is 1. The molecule has 1 aromatic rings. The van der Waals surface area contributed by atoms with Gasteiger partial charge in [-0.05, 0) is 23.0 Å². The molecule has 0 aromatic carbocycles. The molecule has 72 valence electrons. The molecule has 0 saturated heterocycles. The first-order valence-corrected chi connectivity index (χ1v) is 4.86. The van der Waals surface area contributed by atoms with Gasteiger partial charge in [-0.15, -0.1) is 0 Å². The zero-order valence-corrected chi connectivity index (χ0v) is 9.37. The van der Waals surface area contributed by atoms with Crippen LogP contribution in [-0.2, 0) is 0 Å². The molecule has 0 fully saturated rings. The summed E-state index contributed by atoms with van der Waals surface area (Å²) in [6.07, 6.45) is 3.50. The minimum absolute atomic E-state index is 0.749. The van der Waals surface area contributed by atoms with Crippen molar-refractivity contribution in [2.75, 3.05) is 32.1 Å². The van der Waals surface area contributed by atoms with E-state index in [4.69, 9.17) is 0 Å². The van der Waals surface area contributed by atoms with E-state index in [1.807, 2.05) is 19.0 Å². The summed E-state index contributed by atoms with van der Waals surface area (Å²) in [5, 5.41) is 3.07. The molecule has 0 atom stereocenters. The summed E-state index contributed by atoms with van der Waals surface area (Å²) in [5.41, 5.74) is 0. The van der Waals surface area contributed by atoms with Gasteiger partial charge >= 0.3 is 0 Å². The second-order valence-electron chi connectivity index (χ2n) is 2.73. The number of hydrogen-bond acceptors (Lipinski definition) is 4. The molecular formula is C8H13BrN4. The number of rotatable bonds is 4. The van der Waals surface area contributed by atoms with Crippen molar-refractivity contribution in [2.45, 2.75) is 0 Å². The van der Waals surface area contributed by atoms with Crippen LogP contribution in [-0.4, -0.2) is 37.2 Å². The molecule has 0 radical (unpaired) electrons. The minimum Gasteiger partial charge on any atom is -0.343 e. The largest absolute Gasteiger partial charge is 0.343 e. The second-order valence-corrected chi connectivity index (χ2v) is 3.64. The zero-order valence-electron chi connectivity index (χ0n) is 7.79. The molecule has 0 unspecified atom stereocenters. The predicted molar refractivity (Wildman–Crippen MR) is 56.9 cm³/mol. The monoisotopic (exact) mass is 244 g/mol. The van der Waals surface area contributed by atoms with E-state index in [1.54, 1.807) is 12.4 Å². The van der Waals surface area contributed by atoms with Crippen LogP contribution < -0.4 is 10.2 Å². The Morgan fingerprint density at radius 1 is 1.46 bits per heavy atom. The van der Waals surface area contributed by atoms with Crippen LogP contribution in [0.1, 0.15) is 0 Å². The number of halogens is 1. The first kappa shape index (κ1) is 10.4. The molecule has 0 aliphatic rings. The van der Waals surface area contributed by atoms with Gasteiger partial charge in [-0.1, -0.05) is 0 Å². The van der Waals surface area contributed by atoms with Gasteiger partial charge in [0.2, 0.25) is 5.95 Å². The highest BCUT2D eigenvalue weighted by Crippen LogP contribution is 2.08. The predicted octanol–water partition coefficient (Wildman–Crippen LogP) is 0.895. The van der Waals surface area contributed by atoms with Gasteiger partial charge in [0.25, 0.3) is 0 Å². The standard InChI is InChI=1S/C8H13BrN4/c1-10-3-4-13(2)8-11-5-7(9)6-12-8/h5-6,10H,3-4H2,1-2H3. The molecule has 4 nitrogen and oxygen atoms in total. The highest BCUT2D eigenvalue weighted by molar-refractivity contribution is 9.10. The molecule has 1 heterocycles. The Morgan fingerprint density at radius 3 is 2.62 bits per heavy atom. The number of likely N-dealkylation sites (N-methyl/N-ethyl adjacent to an activating group) is 2. The van der Waals surface area contributed by atoms with Crippen LogP contribution in [0.5, 0.6) is 0 Å². The summed E-state index contributed by atoms with van der Waals surface area (Å²) < 4.78 is 0.901. The molecule has 0 aliphatic heterocycles. The summed E-state index contributed by atoms with van der Waals surface area (Å²) in [6, 6.07) is 0. The highest BCUT2D eigenvalue weighted by atomic mass is 79.9. The van der Waals surface area contributed by atoms with Crippen LogP contribution in [0.25, 0.3) is 0 Å². The average Bonchev–Trinajstić information content (AvgIpc) is 2.15. The topological polar surface area (TPSA) is 41.0 Å². The molecule has 1 N–H and O–H groups in total. The molecule has 0 amide bonds. The molecule has 0 aliphatic carbocycles. The Balaban J connectivity index is 2.55. The molecule has 13 heavy (non-hydrogen) atoms. The smallest absolute Gasteiger partial charge is 0.225 e. The van der Waals surface area contributed by atoms with Crippen LogP contribution in [0.2, 0.25) is 0 Å². The lowest BCUT2D eigenvalue weighted by molar-refractivity contribution is 0.752. The molecule has 1 aromatic heterocycles. The van der Waals surface area contributed by atoms with Gasteiger partial charge in [-0.2, -0.15) is 0 Å². The molecule has 0 spiro atoms. The first-order chi connectivity index (χ1) is 6.24. The normalized spacial score (nSPS) is 10.1. The van der Waals surface area contributed by atoms with Gasteiger partial charge < -0.3 is 10.2 Å². The second kappa shape index (κ2) is 5.14. The van der Waals surface area contributed by atoms with Crippen molar-refractivity contribution in [1.29, 1.82) is 0 Å². The van der Waals surface area contributed by atoms with Gasteiger partial charge in [-0.3, -0.25) is 0 Å². The van der Waals surface area contributed by atoms with Gasteiger partial charge in [-0.25, -0.2) is 9.97 Å². The third kappa shape index (κ3) is 3.28. The highest BCUT2D eigenvalue weighted by Gasteiger charge is 2.01. The van der Waals surface area contributed by atoms with E-state index in [0.29, 0.717) is 0 Å². The van der Waals surface area contributed by atoms with E-state index in [0.717, 1.165) is 23.5 Å². The van der Waals surface area contributed by atoms with Gasteiger partial charge in [0.1, 0.15) is 0 Å². The van der Waals surface area contributed by atoms with Crippen LogP contribution in [0.4, 0.5) is 5.95 Å². The Hall–Kier alpha value is -0.680. The number of nitrogens with zero attached hydrogens (tertiary/aromatic N) is 3. The van der Waals surface area contributed by atoms with Gasteiger partial charge in [0.05, 0.1) is 4.47 Å². The summed E-state index contributed by atoms with van der Waals surface area (Å²) in [4.78, 5) is 10.3. The molecular weight excluding hydrogens is 232 g/mol. The molecule has 1 rings (SSSR count). The summed E-state index contributed by atoms with van der Waals surface area (Å²) in [7, 11) is 3.90. The lowest BCUT2D eigenvalue weighted by atomic mass is 10.5. The maximum absolute atomic E-state index is 4.17. The van der Waals surface area contributed by atoms with Gasteiger partial charge in [0, 0.05) is 32.5 Å². The Kier molecular flexibility index (Phi) is 4.11. The lowest BCUT2D eigenvalue weighted by Gasteiger charge is -2.15. The van der Waals surface area contributed by atoms with Crippen molar-refractivity contribution >= 4 is 21.9 Å². The first-order valence-electron chi connectivity index (χ1n) is 4.07. The minimum atomic E-state index is 0.749. The fourth-order valence-corrected chi connectivity index (χ4v) is 1.09. The average molecular weight is 245 g/mol. The van der Waals surface area contributed by atoms with Crippen LogP contribution in [0, 0.1) is 0 Å². The van der Waals surface area contributed by atoms with E-state index in [9.17, 15) is 0 Å². The quantitative estimate of drug-likeness (QED) is 0.855. The third-order valence-corrected chi connectivity index (χ3v) is 2.05. The number of hydrogen-bond donors (Lipinski definition) is 1. The SMILES string of the molecule is CNCCN(C)c1ncc(Br)cn1. The summed E-state index contributed by atoms with van der Waals surface area (Å²) in [6.45, 7) is 1.83. The van der Waals surface area contributed by atoms with E-state index >= 15 is 0 Å². The van der Waals surface area contributed by atoms with Crippen molar-refractivity contribution < 1.29 is 0 Å². The fourth-order valence-electron chi connectivity index (χ4n) is 0.882. The van der Waals surface area contributed by atoms with E-state index in [1.165, 1.54) is 0 Å². The van der Waals surface area contributed by atoms with E-state index in [-0.39, 0.29) is 0 Å². The van der Waals surface area contributed by atoms with Crippen molar-refractivity contribution in [3.63, 3.8) is 0 Å². The van der Waals surface area contributed by atoms with Crippen LogP contribution in [0.15, 0.2) is 16.9 Å². The summed E-state index contributed by atoms with van der Waals surface area (Å²) in [5.74, 6) is 0.749. The van der Waals surface area contributed by atoms with Gasteiger partial charge in [0.15, 0.2) is 0 Å². The molecule has 0 saturated carbocycles. The van der Waals surface area contributed by atoms with Crippen molar-refractivity contribution in [3.8, 4) is 0 Å². The van der Waals surface area contributed by atoms with Crippen LogP contribution in [0.3, 0.4) is 0 Å². The lowest BCUT2D eigenvalue weighted by Crippen LogP contribution is -2.28. The maximum atomic E-state index is 4.17. The van der Waals surface area contributed by atoms with Crippen molar-refractivity contribution in [2.24, 2.45) is 0 Å². The summed E-state index contributed by atoms with van der Waals surface area (Å²) >= 11 is 3.29. The third-order valence-electron chi connectivity index (χ3n) is 1.65. The van der Waals surface area contributed by atoms with Crippen molar-refractivity contribution in [1.82, 2.24) is 15.3 Å². The maximum Gasteiger partial charge on any atom is 0.225 e. The van der Waals surface area contributed by atoms with E-state index in [2.05, 4.69) is 31.2 Å². The Labute approximate surface area is 86.5 Å². The fraction of sp³-hybridized carbons (Fsp3) is 0.500.